The van der Waals surface area contributed by atoms with Gasteiger partial charge in [-0.2, -0.15) is 10.5 Å². The molecule has 4 heteroatoms. The summed E-state index contributed by atoms with van der Waals surface area (Å²) in [5.41, 5.74) is 0.241. The Morgan fingerprint density at radius 2 is 2.10 bits per heavy atom. The van der Waals surface area contributed by atoms with Gasteiger partial charge in [0.25, 0.3) is 0 Å². The lowest BCUT2D eigenvalue weighted by Gasteiger charge is -1.71. The first-order chi connectivity index (χ1) is 4.77. The van der Waals surface area contributed by atoms with Crippen molar-refractivity contribution >= 4 is 11.3 Å². The zero-order valence-corrected chi connectivity index (χ0v) is 6.07. The van der Waals surface area contributed by atoms with Gasteiger partial charge in [0.1, 0.15) is 17.0 Å². The van der Waals surface area contributed by atoms with Crippen molar-refractivity contribution in [2.45, 2.75) is 6.92 Å². The summed E-state index contributed by atoms with van der Waals surface area (Å²) in [6.45, 7) is 1.77. The van der Waals surface area contributed by atoms with Gasteiger partial charge in [0, 0.05) is 0 Å². The molecule has 0 N–H and O–H groups in total. The number of thiazole rings is 1. The Bertz CT molecular complexity index is 294. The lowest BCUT2D eigenvalue weighted by Crippen LogP contribution is -1.75. The monoisotopic (exact) mass is 149 g/mol. The summed E-state index contributed by atoms with van der Waals surface area (Å²) in [7, 11) is 0. The molecule has 0 aliphatic rings. The summed E-state index contributed by atoms with van der Waals surface area (Å²) >= 11 is 1.24. The maximum absolute atomic E-state index is 8.43. The van der Waals surface area contributed by atoms with Crippen LogP contribution < -0.4 is 0 Å². The van der Waals surface area contributed by atoms with Crippen LogP contribution in [0.4, 0.5) is 0 Å². The average Bonchev–Trinajstić information content (AvgIpc) is 2.30. The number of nitrogens with zero attached hydrogens (tertiary/aromatic N) is 3. The molecule has 3 nitrogen and oxygen atoms in total. The first-order valence-corrected chi connectivity index (χ1v) is 3.37. The Morgan fingerprint density at radius 1 is 1.40 bits per heavy atom. The molecule has 0 unspecified atom stereocenters. The van der Waals surface area contributed by atoms with Gasteiger partial charge in [-0.1, -0.05) is 0 Å². The average molecular weight is 149 g/mol. The second kappa shape index (κ2) is 2.47. The predicted octanol–water partition coefficient (Wildman–Crippen LogP) is 1.19. The molecule has 48 valence electrons. The van der Waals surface area contributed by atoms with Crippen LogP contribution in [-0.2, 0) is 0 Å². The third-order valence-electron chi connectivity index (χ3n) is 0.942. The number of hydrogen-bond acceptors (Lipinski definition) is 4. The highest BCUT2D eigenvalue weighted by Crippen LogP contribution is 2.14. The van der Waals surface area contributed by atoms with Crippen LogP contribution in [0.1, 0.15) is 15.6 Å². The molecule has 1 aromatic rings. The van der Waals surface area contributed by atoms with E-state index in [2.05, 4.69) is 4.98 Å². The third kappa shape index (κ3) is 0.975. The molecule has 0 aromatic carbocycles. The normalized spacial score (nSPS) is 8.30. The number of aromatic nitrogens is 1. The van der Waals surface area contributed by atoms with Crippen LogP contribution >= 0.6 is 11.3 Å². The number of aryl methyl sites for hydroxylation is 1. The van der Waals surface area contributed by atoms with E-state index in [4.69, 9.17) is 10.5 Å². The first kappa shape index (κ1) is 6.73. The molecule has 0 atom stereocenters. The molecule has 0 saturated carbocycles. The first-order valence-electron chi connectivity index (χ1n) is 2.55. The van der Waals surface area contributed by atoms with Crippen molar-refractivity contribution in [2.24, 2.45) is 0 Å². The van der Waals surface area contributed by atoms with Gasteiger partial charge >= 0.3 is 0 Å². The van der Waals surface area contributed by atoms with E-state index in [1.54, 1.807) is 6.92 Å². The van der Waals surface area contributed by atoms with Gasteiger partial charge in [-0.25, -0.2) is 4.98 Å². The molecule has 1 heterocycles. The summed E-state index contributed by atoms with van der Waals surface area (Å²) in [5.74, 6) is 0. The summed E-state index contributed by atoms with van der Waals surface area (Å²) in [4.78, 5) is 4.24. The molecule has 1 rings (SSSR count). The SMILES string of the molecule is Cc1nc(C#N)c(C#N)s1. The van der Waals surface area contributed by atoms with Crippen molar-refractivity contribution in [1.29, 1.82) is 10.5 Å². The van der Waals surface area contributed by atoms with Crippen LogP contribution in [0, 0.1) is 29.6 Å². The molecule has 0 aliphatic carbocycles. The summed E-state index contributed by atoms with van der Waals surface area (Å²) in [5, 5.41) is 17.6. The van der Waals surface area contributed by atoms with Crippen LogP contribution in [0.15, 0.2) is 0 Å². The number of nitriles is 2. The Morgan fingerprint density at radius 3 is 2.50 bits per heavy atom. The fourth-order valence-corrected chi connectivity index (χ4v) is 1.24. The summed E-state index contributed by atoms with van der Waals surface area (Å²) in [6, 6.07) is 3.74. The van der Waals surface area contributed by atoms with Gasteiger partial charge in [-0.15, -0.1) is 11.3 Å². The van der Waals surface area contributed by atoms with Crippen molar-refractivity contribution in [3.8, 4) is 12.1 Å². The fourth-order valence-electron chi connectivity index (χ4n) is 0.579. The van der Waals surface area contributed by atoms with Gasteiger partial charge in [0.15, 0.2) is 5.69 Å². The van der Waals surface area contributed by atoms with E-state index in [9.17, 15) is 0 Å². The highest BCUT2D eigenvalue weighted by molar-refractivity contribution is 7.12. The van der Waals surface area contributed by atoms with Gasteiger partial charge < -0.3 is 0 Å². The summed E-state index contributed by atoms with van der Waals surface area (Å²) < 4.78 is 0. The van der Waals surface area contributed by atoms with Crippen molar-refractivity contribution in [2.75, 3.05) is 0 Å². The molecular formula is C6H3N3S. The fraction of sp³-hybridized carbons (Fsp3) is 0.167. The molecule has 0 radical (unpaired) electrons. The zero-order chi connectivity index (χ0) is 7.56. The second-order valence-electron chi connectivity index (χ2n) is 1.63. The van der Waals surface area contributed by atoms with E-state index in [1.807, 2.05) is 12.1 Å². The van der Waals surface area contributed by atoms with Gasteiger partial charge in [-0.3, -0.25) is 0 Å². The molecule has 0 aliphatic heterocycles. The zero-order valence-electron chi connectivity index (χ0n) is 5.25. The molecule has 0 spiro atoms. The molecule has 1 aromatic heterocycles. The van der Waals surface area contributed by atoms with Crippen molar-refractivity contribution in [3.05, 3.63) is 15.6 Å². The highest BCUT2D eigenvalue weighted by Gasteiger charge is 2.05. The van der Waals surface area contributed by atoms with Gasteiger partial charge in [-0.05, 0) is 6.92 Å². The Kier molecular flexibility index (Phi) is 1.66. The van der Waals surface area contributed by atoms with E-state index in [0.29, 0.717) is 4.88 Å². The number of hydrogen-bond donors (Lipinski definition) is 0. The van der Waals surface area contributed by atoms with E-state index >= 15 is 0 Å². The highest BCUT2D eigenvalue weighted by atomic mass is 32.1. The topological polar surface area (TPSA) is 60.5 Å². The quantitative estimate of drug-likeness (QED) is 0.556. The molecule has 10 heavy (non-hydrogen) atoms. The van der Waals surface area contributed by atoms with Crippen molar-refractivity contribution in [1.82, 2.24) is 4.98 Å². The smallest absolute Gasteiger partial charge is 0.169 e. The van der Waals surface area contributed by atoms with Crippen molar-refractivity contribution in [3.63, 3.8) is 0 Å². The second-order valence-corrected chi connectivity index (χ2v) is 2.84. The lowest BCUT2D eigenvalue weighted by atomic mass is 10.4. The number of rotatable bonds is 0. The third-order valence-corrected chi connectivity index (χ3v) is 1.82. The molecule has 0 amide bonds. The Balaban J connectivity index is 3.28. The molecule has 0 fully saturated rings. The summed E-state index contributed by atoms with van der Waals surface area (Å²) in [6.07, 6.45) is 0. The van der Waals surface area contributed by atoms with Crippen LogP contribution in [0.25, 0.3) is 0 Å². The van der Waals surface area contributed by atoms with E-state index in [0.717, 1.165) is 5.01 Å². The largest absolute Gasteiger partial charge is 0.229 e. The van der Waals surface area contributed by atoms with E-state index in [-0.39, 0.29) is 5.69 Å². The van der Waals surface area contributed by atoms with Crippen LogP contribution in [-0.4, -0.2) is 4.98 Å². The molecule has 0 saturated heterocycles. The Labute approximate surface area is 62.2 Å². The minimum Gasteiger partial charge on any atom is -0.229 e. The van der Waals surface area contributed by atoms with Gasteiger partial charge in [0.05, 0.1) is 5.01 Å². The Hall–Kier alpha value is -1.39. The standard InChI is InChI=1S/C6H3N3S/c1-4-9-5(2-7)6(3-8)10-4/h1H3. The molecule has 0 bridgehead atoms. The minimum absolute atomic E-state index is 0.241. The van der Waals surface area contributed by atoms with Gasteiger partial charge in [0.2, 0.25) is 0 Å². The minimum atomic E-state index is 0.241. The van der Waals surface area contributed by atoms with Crippen molar-refractivity contribution < 1.29 is 0 Å². The maximum atomic E-state index is 8.43. The van der Waals surface area contributed by atoms with Crippen LogP contribution in [0.3, 0.4) is 0 Å². The molecular weight excluding hydrogens is 146 g/mol. The lowest BCUT2D eigenvalue weighted by molar-refractivity contribution is 1.24. The van der Waals surface area contributed by atoms with Crippen LogP contribution in [0.5, 0.6) is 0 Å². The maximum Gasteiger partial charge on any atom is 0.169 e. The van der Waals surface area contributed by atoms with E-state index < -0.39 is 0 Å². The van der Waals surface area contributed by atoms with E-state index in [1.165, 1.54) is 11.3 Å². The predicted molar refractivity (Wildman–Crippen MR) is 36.3 cm³/mol. The van der Waals surface area contributed by atoms with Crippen LogP contribution in [0.2, 0.25) is 0 Å².